The monoisotopic (exact) mass is 223 g/mol. The molecular formula is C12H14FNO2. The molecule has 1 N–H and O–H groups in total. The number of epoxide rings is 1. The number of nitrogens with zero attached hydrogens (tertiary/aromatic N) is 1. The van der Waals surface area contributed by atoms with E-state index in [0.717, 1.165) is 18.7 Å². The summed E-state index contributed by atoms with van der Waals surface area (Å²) in [7, 11) is 0. The molecule has 3 rings (SSSR count). The van der Waals surface area contributed by atoms with Gasteiger partial charge >= 0.3 is 0 Å². The zero-order valence-electron chi connectivity index (χ0n) is 8.90. The molecule has 16 heavy (non-hydrogen) atoms. The number of piperidine rings is 1. The van der Waals surface area contributed by atoms with Gasteiger partial charge in [-0.25, -0.2) is 4.39 Å². The van der Waals surface area contributed by atoms with E-state index in [1.807, 2.05) is 0 Å². The minimum atomic E-state index is -0.439. The van der Waals surface area contributed by atoms with E-state index in [2.05, 4.69) is 4.90 Å². The van der Waals surface area contributed by atoms with Gasteiger partial charge in [0, 0.05) is 18.8 Å². The lowest BCUT2D eigenvalue weighted by molar-refractivity contribution is 0.0611. The summed E-state index contributed by atoms with van der Waals surface area (Å²) < 4.78 is 18.1. The van der Waals surface area contributed by atoms with E-state index in [9.17, 15) is 9.50 Å². The summed E-state index contributed by atoms with van der Waals surface area (Å²) >= 11 is 0. The number of halogens is 1. The maximum Gasteiger partial charge on any atom is 0.123 e. The predicted octanol–water partition coefficient (Wildman–Crippen LogP) is 1.17. The van der Waals surface area contributed by atoms with Gasteiger partial charge in [0.25, 0.3) is 0 Å². The molecule has 3 nitrogen and oxygen atoms in total. The Hall–Kier alpha value is -1.13. The molecule has 1 aromatic carbocycles. The van der Waals surface area contributed by atoms with Gasteiger partial charge in [-0.1, -0.05) is 0 Å². The van der Waals surface area contributed by atoms with Crippen LogP contribution in [0.3, 0.4) is 0 Å². The van der Waals surface area contributed by atoms with E-state index < -0.39 is 6.10 Å². The number of β-amino-alcohol motifs (C(OH)–C–C–N with tert-alkyl or cyclic N) is 1. The molecule has 0 aliphatic carbocycles. The molecule has 2 saturated heterocycles. The van der Waals surface area contributed by atoms with Crippen LogP contribution in [-0.2, 0) is 4.74 Å². The van der Waals surface area contributed by atoms with Crippen LogP contribution in [0.5, 0.6) is 0 Å². The van der Waals surface area contributed by atoms with Crippen molar-refractivity contribution in [2.75, 3.05) is 24.6 Å². The highest BCUT2D eigenvalue weighted by atomic mass is 19.1. The molecule has 2 aliphatic heterocycles. The Bertz CT molecular complexity index is 389. The Labute approximate surface area is 93.4 Å². The van der Waals surface area contributed by atoms with E-state index in [4.69, 9.17) is 4.74 Å². The lowest BCUT2D eigenvalue weighted by atomic mass is 9.94. The third-order valence-electron chi connectivity index (χ3n) is 3.51. The average Bonchev–Trinajstić information content (AvgIpc) is 3.05. The fourth-order valence-electron chi connectivity index (χ4n) is 2.27. The van der Waals surface area contributed by atoms with Gasteiger partial charge in [-0.2, -0.15) is 0 Å². The molecule has 2 aliphatic rings. The Morgan fingerprint density at radius 2 is 2.06 bits per heavy atom. The standard InChI is InChI=1S/C12H14FNO2/c13-9-1-3-10(4-2-9)14-6-5-12(8-16-12)11(15)7-14/h1-4,11,15H,5-8H2/t11-,12-/m1/s1. The van der Waals surface area contributed by atoms with Gasteiger partial charge in [-0.05, 0) is 30.7 Å². The summed E-state index contributed by atoms with van der Waals surface area (Å²) in [4.78, 5) is 2.07. The van der Waals surface area contributed by atoms with Crippen LogP contribution in [0.15, 0.2) is 24.3 Å². The van der Waals surface area contributed by atoms with Gasteiger partial charge in [0.15, 0.2) is 0 Å². The summed E-state index contributed by atoms with van der Waals surface area (Å²) in [5.41, 5.74) is 0.687. The largest absolute Gasteiger partial charge is 0.388 e. The first-order chi connectivity index (χ1) is 7.70. The molecule has 0 aromatic heterocycles. The highest BCUT2D eigenvalue weighted by molar-refractivity contribution is 5.47. The Morgan fingerprint density at radius 3 is 2.62 bits per heavy atom. The molecule has 86 valence electrons. The van der Waals surface area contributed by atoms with Crippen molar-refractivity contribution < 1.29 is 14.2 Å². The van der Waals surface area contributed by atoms with Gasteiger partial charge < -0.3 is 14.7 Å². The number of ether oxygens (including phenoxy) is 1. The minimum Gasteiger partial charge on any atom is -0.388 e. The van der Waals surface area contributed by atoms with Gasteiger partial charge in [-0.3, -0.25) is 0 Å². The molecular weight excluding hydrogens is 209 g/mol. The van der Waals surface area contributed by atoms with Crippen molar-refractivity contribution in [1.29, 1.82) is 0 Å². The topological polar surface area (TPSA) is 36.0 Å². The van der Waals surface area contributed by atoms with Crippen LogP contribution in [0.25, 0.3) is 0 Å². The van der Waals surface area contributed by atoms with Crippen LogP contribution < -0.4 is 4.90 Å². The van der Waals surface area contributed by atoms with Crippen LogP contribution in [0.1, 0.15) is 6.42 Å². The Kier molecular flexibility index (Phi) is 2.16. The smallest absolute Gasteiger partial charge is 0.123 e. The second-order valence-electron chi connectivity index (χ2n) is 4.54. The molecule has 0 radical (unpaired) electrons. The zero-order chi connectivity index (χ0) is 11.2. The second-order valence-corrected chi connectivity index (χ2v) is 4.54. The highest BCUT2D eigenvalue weighted by Crippen LogP contribution is 2.39. The molecule has 1 aromatic rings. The molecule has 0 saturated carbocycles. The summed E-state index contributed by atoms with van der Waals surface area (Å²) in [5.74, 6) is -0.233. The van der Waals surface area contributed by atoms with Crippen LogP contribution in [0.2, 0.25) is 0 Å². The predicted molar refractivity (Wildman–Crippen MR) is 57.9 cm³/mol. The van der Waals surface area contributed by atoms with Crippen molar-refractivity contribution in [3.05, 3.63) is 30.1 Å². The van der Waals surface area contributed by atoms with E-state index in [1.54, 1.807) is 12.1 Å². The number of hydrogen-bond acceptors (Lipinski definition) is 3. The van der Waals surface area contributed by atoms with Crippen molar-refractivity contribution in [3.63, 3.8) is 0 Å². The van der Waals surface area contributed by atoms with Crippen LogP contribution >= 0.6 is 0 Å². The molecule has 4 heteroatoms. The molecule has 1 spiro atoms. The summed E-state index contributed by atoms with van der Waals surface area (Å²) in [6, 6.07) is 6.38. The van der Waals surface area contributed by atoms with Crippen molar-refractivity contribution in [2.45, 2.75) is 18.1 Å². The van der Waals surface area contributed by atoms with Crippen molar-refractivity contribution in [3.8, 4) is 0 Å². The molecule has 2 heterocycles. The number of rotatable bonds is 1. The molecule has 0 bridgehead atoms. The first-order valence-corrected chi connectivity index (χ1v) is 5.52. The normalized spacial score (nSPS) is 33.1. The van der Waals surface area contributed by atoms with Crippen molar-refractivity contribution in [1.82, 2.24) is 0 Å². The quantitative estimate of drug-likeness (QED) is 0.726. The third kappa shape index (κ3) is 1.58. The summed E-state index contributed by atoms with van der Waals surface area (Å²) in [5, 5.41) is 9.95. The van der Waals surface area contributed by atoms with Crippen molar-refractivity contribution >= 4 is 5.69 Å². The summed E-state index contributed by atoms with van der Waals surface area (Å²) in [6.45, 7) is 2.08. The lowest BCUT2D eigenvalue weighted by Crippen LogP contribution is -2.49. The van der Waals surface area contributed by atoms with E-state index in [0.29, 0.717) is 13.2 Å². The Balaban J connectivity index is 1.74. The van der Waals surface area contributed by atoms with Gasteiger partial charge in [0.1, 0.15) is 17.5 Å². The first-order valence-electron chi connectivity index (χ1n) is 5.52. The number of aliphatic hydroxyl groups is 1. The number of anilines is 1. The molecule has 2 atom stereocenters. The zero-order valence-corrected chi connectivity index (χ0v) is 8.90. The van der Waals surface area contributed by atoms with E-state index >= 15 is 0 Å². The number of hydrogen-bond donors (Lipinski definition) is 1. The summed E-state index contributed by atoms with van der Waals surface area (Å²) in [6.07, 6.45) is 0.400. The van der Waals surface area contributed by atoms with Crippen molar-refractivity contribution in [2.24, 2.45) is 0 Å². The maximum atomic E-state index is 12.8. The van der Waals surface area contributed by atoms with E-state index in [-0.39, 0.29) is 11.4 Å². The number of aliphatic hydroxyl groups excluding tert-OH is 1. The Morgan fingerprint density at radius 1 is 1.38 bits per heavy atom. The minimum absolute atomic E-state index is 0.233. The van der Waals surface area contributed by atoms with Crippen LogP contribution in [-0.4, -0.2) is 36.5 Å². The fourth-order valence-corrected chi connectivity index (χ4v) is 2.27. The highest BCUT2D eigenvalue weighted by Gasteiger charge is 2.53. The average molecular weight is 223 g/mol. The maximum absolute atomic E-state index is 12.8. The fraction of sp³-hybridized carbons (Fsp3) is 0.500. The molecule has 0 amide bonds. The second kappa shape index (κ2) is 3.43. The molecule has 2 fully saturated rings. The van der Waals surface area contributed by atoms with Gasteiger partial charge in [0.2, 0.25) is 0 Å². The van der Waals surface area contributed by atoms with Crippen LogP contribution in [0, 0.1) is 5.82 Å². The first kappa shape index (κ1) is 10.1. The van der Waals surface area contributed by atoms with Gasteiger partial charge in [-0.15, -0.1) is 0 Å². The third-order valence-corrected chi connectivity index (χ3v) is 3.51. The molecule has 0 unspecified atom stereocenters. The number of benzene rings is 1. The van der Waals surface area contributed by atoms with Crippen LogP contribution in [0.4, 0.5) is 10.1 Å². The SMILES string of the molecule is O[C@@H]1CN(c2ccc(F)cc2)CC[C@@]12CO2. The van der Waals surface area contributed by atoms with E-state index in [1.165, 1.54) is 12.1 Å². The van der Waals surface area contributed by atoms with Gasteiger partial charge in [0.05, 0.1) is 6.61 Å². The lowest BCUT2D eigenvalue weighted by Gasteiger charge is -2.35.